The summed E-state index contributed by atoms with van der Waals surface area (Å²) in [6.45, 7) is 6.02. The van der Waals surface area contributed by atoms with Gasteiger partial charge >= 0.3 is 0 Å². The van der Waals surface area contributed by atoms with E-state index in [4.69, 9.17) is 0 Å². The number of benzene rings is 1. The van der Waals surface area contributed by atoms with Crippen molar-refractivity contribution in [2.75, 3.05) is 0 Å². The van der Waals surface area contributed by atoms with Crippen LogP contribution in [-0.4, -0.2) is 24.8 Å². The van der Waals surface area contributed by atoms with Gasteiger partial charge in [0, 0.05) is 12.1 Å². The lowest BCUT2D eigenvalue weighted by molar-refractivity contribution is 0.542. The maximum atomic E-state index is 12.3. The zero-order valence-corrected chi connectivity index (χ0v) is 11.4. The van der Waals surface area contributed by atoms with Crippen molar-refractivity contribution in [3.8, 4) is 0 Å². The van der Waals surface area contributed by atoms with Gasteiger partial charge in [-0.15, -0.1) is 0 Å². The molecule has 3 atom stereocenters. The molecule has 0 saturated carbocycles. The van der Waals surface area contributed by atoms with E-state index in [0.29, 0.717) is 4.90 Å². The molecular formula is C13H19NO2S. The minimum Gasteiger partial charge on any atom is -0.207 e. The molecule has 1 aliphatic rings. The highest BCUT2D eigenvalue weighted by atomic mass is 32.2. The Labute approximate surface area is 104 Å². The van der Waals surface area contributed by atoms with Crippen molar-refractivity contribution in [3.63, 3.8) is 0 Å². The summed E-state index contributed by atoms with van der Waals surface area (Å²) in [6.07, 6.45) is 1.97. The molecule has 2 rings (SSSR count). The number of nitrogens with zero attached hydrogens (tertiary/aromatic N) is 1. The second-order valence-corrected chi connectivity index (χ2v) is 6.59. The van der Waals surface area contributed by atoms with Crippen LogP contribution in [0.4, 0.5) is 0 Å². The number of aryl methyl sites for hydroxylation is 1. The molecule has 1 saturated heterocycles. The maximum Gasteiger partial charge on any atom is 0.243 e. The van der Waals surface area contributed by atoms with Gasteiger partial charge in [0.2, 0.25) is 10.0 Å². The fourth-order valence-corrected chi connectivity index (χ4v) is 4.16. The molecule has 0 bridgehead atoms. The summed E-state index contributed by atoms with van der Waals surface area (Å²) in [5.74, 6) is 0. The largest absolute Gasteiger partial charge is 0.243 e. The molecule has 17 heavy (non-hydrogen) atoms. The molecule has 94 valence electrons. The van der Waals surface area contributed by atoms with E-state index in [1.165, 1.54) is 0 Å². The molecule has 0 amide bonds. The van der Waals surface area contributed by atoms with Crippen LogP contribution in [0.3, 0.4) is 0 Å². The van der Waals surface area contributed by atoms with Crippen LogP contribution in [0, 0.1) is 6.92 Å². The number of rotatable bonds is 4. The average Bonchev–Trinajstić information content (AvgIpc) is 2.91. The topological polar surface area (TPSA) is 37.1 Å². The Hall–Kier alpha value is -0.870. The first-order valence-electron chi connectivity index (χ1n) is 6.08. The molecule has 0 radical (unpaired) electrons. The minimum absolute atomic E-state index is 0.154. The van der Waals surface area contributed by atoms with Crippen LogP contribution < -0.4 is 0 Å². The van der Waals surface area contributed by atoms with E-state index >= 15 is 0 Å². The van der Waals surface area contributed by atoms with Crippen LogP contribution >= 0.6 is 0 Å². The Balaban J connectivity index is 2.23. The lowest BCUT2D eigenvalue weighted by Crippen LogP contribution is -2.15. The van der Waals surface area contributed by atoms with E-state index in [0.717, 1.165) is 18.4 Å². The zero-order chi connectivity index (χ0) is 12.6. The summed E-state index contributed by atoms with van der Waals surface area (Å²) in [6, 6.07) is 7.43. The Kier molecular flexibility index (Phi) is 3.27. The van der Waals surface area contributed by atoms with Crippen molar-refractivity contribution in [2.24, 2.45) is 0 Å². The van der Waals surface area contributed by atoms with Crippen LogP contribution in [0.1, 0.15) is 32.3 Å². The number of hydrogen-bond acceptors (Lipinski definition) is 2. The van der Waals surface area contributed by atoms with Crippen molar-refractivity contribution in [1.29, 1.82) is 0 Å². The van der Waals surface area contributed by atoms with Gasteiger partial charge in [-0.05, 0) is 32.4 Å². The lowest BCUT2D eigenvalue weighted by Gasteiger charge is -2.06. The second-order valence-electron chi connectivity index (χ2n) is 4.74. The first kappa shape index (κ1) is 12.6. The highest BCUT2D eigenvalue weighted by Crippen LogP contribution is 2.38. The smallest absolute Gasteiger partial charge is 0.207 e. The Morgan fingerprint density at radius 1 is 1.24 bits per heavy atom. The third kappa shape index (κ3) is 2.24. The molecule has 1 aromatic carbocycles. The van der Waals surface area contributed by atoms with Crippen molar-refractivity contribution < 1.29 is 8.42 Å². The normalized spacial score (nSPS) is 28.1. The van der Waals surface area contributed by atoms with E-state index in [9.17, 15) is 8.42 Å². The van der Waals surface area contributed by atoms with Gasteiger partial charge in [0.05, 0.1) is 4.90 Å². The highest BCUT2D eigenvalue weighted by molar-refractivity contribution is 7.89. The molecular weight excluding hydrogens is 234 g/mol. The molecule has 1 aliphatic heterocycles. The van der Waals surface area contributed by atoms with Crippen molar-refractivity contribution in [2.45, 2.75) is 50.6 Å². The first-order chi connectivity index (χ1) is 7.98. The van der Waals surface area contributed by atoms with Crippen LogP contribution in [0.2, 0.25) is 0 Å². The van der Waals surface area contributed by atoms with Crippen LogP contribution in [0.5, 0.6) is 0 Å². The van der Waals surface area contributed by atoms with Crippen molar-refractivity contribution in [1.82, 2.24) is 4.31 Å². The van der Waals surface area contributed by atoms with Gasteiger partial charge in [0.25, 0.3) is 0 Å². The van der Waals surface area contributed by atoms with E-state index in [1.54, 1.807) is 16.4 Å². The number of sulfonamides is 1. The molecule has 1 aromatic rings. The molecule has 1 heterocycles. The first-order valence-corrected chi connectivity index (χ1v) is 7.52. The van der Waals surface area contributed by atoms with Crippen LogP contribution in [0.15, 0.2) is 29.2 Å². The van der Waals surface area contributed by atoms with Gasteiger partial charge < -0.3 is 0 Å². The third-order valence-electron chi connectivity index (χ3n) is 3.38. The fourth-order valence-electron chi connectivity index (χ4n) is 2.28. The van der Waals surface area contributed by atoms with Gasteiger partial charge in [-0.2, -0.15) is 4.31 Å². The lowest BCUT2D eigenvalue weighted by atomic mass is 10.2. The van der Waals surface area contributed by atoms with E-state index in [-0.39, 0.29) is 12.1 Å². The molecule has 1 unspecified atom stereocenters. The van der Waals surface area contributed by atoms with Gasteiger partial charge in [-0.1, -0.05) is 31.0 Å². The quantitative estimate of drug-likeness (QED) is 0.773. The monoisotopic (exact) mass is 253 g/mol. The maximum absolute atomic E-state index is 12.3. The Morgan fingerprint density at radius 2 is 1.82 bits per heavy atom. The summed E-state index contributed by atoms with van der Waals surface area (Å²) in [4.78, 5) is 0.411. The molecule has 0 aliphatic carbocycles. The summed E-state index contributed by atoms with van der Waals surface area (Å²) in [7, 11) is -3.27. The second kappa shape index (κ2) is 4.42. The van der Waals surface area contributed by atoms with Crippen LogP contribution in [-0.2, 0) is 10.0 Å². The van der Waals surface area contributed by atoms with E-state index < -0.39 is 10.0 Å². The predicted molar refractivity (Wildman–Crippen MR) is 68.4 cm³/mol. The minimum atomic E-state index is -3.27. The highest BCUT2D eigenvalue weighted by Gasteiger charge is 2.51. The van der Waals surface area contributed by atoms with Gasteiger partial charge in [0.15, 0.2) is 0 Å². The predicted octanol–water partition coefficient (Wildman–Crippen LogP) is 2.56. The fraction of sp³-hybridized carbons (Fsp3) is 0.538. The molecule has 4 heteroatoms. The SMILES string of the molecule is CCC[C@H]1[C@@H](C)N1S(=O)(=O)c1ccc(C)cc1. The Bertz CT molecular complexity index is 493. The van der Waals surface area contributed by atoms with Gasteiger partial charge in [-0.25, -0.2) is 8.42 Å². The Morgan fingerprint density at radius 3 is 2.35 bits per heavy atom. The molecule has 3 nitrogen and oxygen atoms in total. The molecule has 0 spiro atoms. The van der Waals surface area contributed by atoms with Crippen molar-refractivity contribution in [3.05, 3.63) is 29.8 Å². The summed E-state index contributed by atoms with van der Waals surface area (Å²) >= 11 is 0. The molecule has 0 N–H and O–H groups in total. The summed E-state index contributed by atoms with van der Waals surface area (Å²) < 4.78 is 26.3. The average molecular weight is 253 g/mol. The zero-order valence-electron chi connectivity index (χ0n) is 10.6. The molecule has 1 fully saturated rings. The summed E-state index contributed by atoms with van der Waals surface area (Å²) in [5, 5.41) is 0. The standard InChI is InChI=1S/C13H19NO2S/c1-4-5-13-11(3)14(13)17(15,16)12-8-6-10(2)7-9-12/h6-9,11,13H,4-5H2,1-3H3/t11-,13+,14?/m1/s1. The van der Waals surface area contributed by atoms with Gasteiger partial charge in [-0.3, -0.25) is 0 Å². The van der Waals surface area contributed by atoms with Gasteiger partial charge in [0.1, 0.15) is 0 Å². The molecule has 0 aromatic heterocycles. The van der Waals surface area contributed by atoms with Crippen molar-refractivity contribution >= 4 is 10.0 Å². The van der Waals surface area contributed by atoms with Crippen LogP contribution in [0.25, 0.3) is 0 Å². The van der Waals surface area contributed by atoms with E-state index in [1.807, 2.05) is 26.0 Å². The summed E-state index contributed by atoms with van der Waals surface area (Å²) in [5.41, 5.74) is 1.08. The number of hydrogen-bond donors (Lipinski definition) is 0. The third-order valence-corrected chi connectivity index (χ3v) is 5.40. The van der Waals surface area contributed by atoms with E-state index in [2.05, 4.69) is 6.92 Å².